The van der Waals surface area contributed by atoms with E-state index >= 15 is 0 Å². The maximum absolute atomic E-state index is 10.7. The first-order valence-corrected chi connectivity index (χ1v) is 10.9. The first-order valence-electron chi connectivity index (χ1n) is 10.9. The molecule has 1 aliphatic rings. The van der Waals surface area contributed by atoms with E-state index in [2.05, 4.69) is 40.7 Å². The average molecular weight is 502 g/mol. The van der Waals surface area contributed by atoms with Crippen molar-refractivity contribution < 1.29 is 24.9 Å². The minimum atomic E-state index is -1.28. The molecule has 0 bridgehead atoms. The van der Waals surface area contributed by atoms with E-state index in [1.54, 1.807) is 6.33 Å². The molecule has 0 unspecified atom stereocenters. The Morgan fingerprint density at radius 1 is 1.22 bits per heavy atom. The van der Waals surface area contributed by atoms with Crippen LogP contribution in [0.25, 0.3) is 11.2 Å². The maximum atomic E-state index is 10.7. The Bertz CT molecular complexity index is 1320. The Kier molecular flexibility index (Phi) is 7.32. The van der Waals surface area contributed by atoms with Crippen LogP contribution in [0.2, 0.25) is 0 Å². The lowest BCUT2D eigenvalue weighted by atomic mass is 10.1. The van der Waals surface area contributed by atoms with Crippen LogP contribution in [-0.2, 0) is 29.5 Å². The van der Waals surface area contributed by atoms with Gasteiger partial charge in [0.2, 0.25) is 11.8 Å². The van der Waals surface area contributed by atoms with Gasteiger partial charge in [-0.3, -0.25) is 9.36 Å². The van der Waals surface area contributed by atoms with E-state index in [9.17, 15) is 10.2 Å². The Balaban J connectivity index is 0.000000967. The molecule has 4 aromatic heterocycles. The first-order chi connectivity index (χ1) is 17.4. The molecule has 0 radical (unpaired) electrons. The molecule has 5 rings (SSSR count). The molecule has 0 aromatic carbocycles. The van der Waals surface area contributed by atoms with Gasteiger partial charge in [0.1, 0.15) is 17.7 Å². The summed E-state index contributed by atoms with van der Waals surface area (Å²) in [5.41, 5.74) is 7.73. The molecule has 0 saturated carbocycles. The number of tetrazole rings is 1. The molecule has 5 heterocycles. The smallest absolute Gasteiger partial charge is 0.290 e. The number of anilines is 2. The fourth-order valence-corrected chi connectivity index (χ4v) is 3.71. The standard InChI is InChI=1S/C18H24N12O3.CH2O2/c1-3-30-26-15(25-27-30)13-11(31)12(32)17(33-13)29-8-22-10-14(19)23-18(24-16(10)29)20-5-4-9-6-28(2)7-21-9;2-1-3/h6-8,11-13,17,31-32H,3-5H2,1-2H3,(H3,19,20,23,24);1H,(H,2,3)/t11-,12+,13-,17+;/m0./s1. The highest BCUT2D eigenvalue weighted by Gasteiger charge is 2.47. The molecule has 1 saturated heterocycles. The Hall–Kier alpha value is -4.22. The van der Waals surface area contributed by atoms with Crippen molar-refractivity contribution in [3.8, 4) is 0 Å². The van der Waals surface area contributed by atoms with E-state index in [1.165, 1.54) is 15.7 Å². The van der Waals surface area contributed by atoms with E-state index in [-0.39, 0.29) is 18.1 Å². The highest BCUT2D eigenvalue weighted by atomic mass is 16.6. The van der Waals surface area contributed by atoms with Crippen molar-refractivity contribution in [3.63, 3.8) is 0 Å². The highest BCUT2D eigenvalue weighted by molar-refractivity contribution is 5.83. The fourth-order valence-electron chi connectivity index (χ4n) is 3.71. The number of aryl methyl sites for hydroxylation is 2. The van der Waals surface area contributed by atoms with Crippen molar-refractivity contribution >= 4 is 29.4 Å². The monoisotopic (exact) mass is 502 g/mol. The van der Waals surface area contributed by atoms with E-state index in [0.717, 1.165) is 5.69 Å². The molecule has 0 amide bonds. The van der Waals surface area contributed by atoms with Gasteiger partial charge in [-0.1, -0.05) is 0 Å². The van der Waals surface area contributed by atoms with Crippen LogP contribution in [0.1, 0.15) is 30.8 Å². The van der Waals surface area contributed by atoms with E-state index < -0.39 is 24.5 Å². The molecule has 4 aromatic rings. The molecule has 1 fully saturated rings. The number of hydrogen-bond acceptors (Lipinski definition) is 13. The summed E-state index contributed by atoms with van der Waals surface area (Å²) < 4.78 is 9.30. The normalized spacial score (nSPS) is 21.3. The van der Waals surface area contributed by atoms with E-state index in [0.29, 0.717) is 36.6 Å². The number of ether oxygens (including phenoxy) is 1. The number of carbonyl (C=O) groups is 1. The number of nitrogens with two attached hydrogens (primary N) is 1. The second kappa shape index (κ2) is 10.6. The number of fused-ring (bicyclic) bond motifs is 1. The fraction of sp³-hybridized carbons (Fsp3) is 0.474. The maximum Gasteiger partial charge on any atom is 0.290 e. The van der Waals surface area contributed by atoms with Crippen LogP contribution >= 0.6 is 0 Å². The van der Waals surface area contributed by atoms with Crippen LogP contribution in [0.3, 0.4) is 0 Å². The van der Waals surface area contributed by atoms with Crippen LogP contribution < -0.4 is 11.1 Å². The summed E-state index contributed by atoms with van der Waals surface area (Å²) in [5, 5.41) is 43.2. The number of aliphatic hydroxyl groups excluding tert-OH is 2. The topological polar surface area (TPSA) is 230 Å². The number of nitrogens with one attached hydrogen (secondary N) is 1. The zero-order chi connectivity index (χ0) is 25.8. The Morgan fingerprint density at radius 3 is 2.67 bits per heavy atom. The molecule has 6 N–H and O–H groups in total. The van der Waals surface area contributed by atoms with Crippen LogP contribution in [0.15, 0.2) is 18.9 Å². The first kappa shape index (κ1) is 24.9. The van der Waals surface area contributed by atoms with E-state index in [1.807, 2.05) is 24.7 Å². The Labute approximate surface area is 203 Å². The van der Waals surface area contributed by atoms with Crippen molar-refractivity contribution in [2.75, 3.05) is 17.6 Å². The van der Waals surface area contributed by atoms with Gasteiger partial charge < -0.3 is 35.7 Å². The number of hydrogen-bond donors (Lipinski definition) is 5. The zero-order valence-corrected chi connectivity index (χ0v) is 19.4. The third-order valence-corrected chi connectivity index (χ3v) is 5.39. The molecule has 1 aliphatic heterocycles. The summed E-state index contributed by atoms with van der Waals surface area (Å²) in [6.45, 7) is 2.66. The van der Waals surface area contributed by atoms with Gasteiger partial charge in [-0.2, -0.15) is 14.8 Å². The number of aromatic nitrogens is 10. The second-order valence-corrected chi connectivity index (χ2v) is 7.83. The van der Waals surface area contributed by atoms with Crippen LogP contribution in [0.5, 0.6) is 0 Å². The third kappa shape index (κ3) is 4.92. The largest absolute Gasteiger partial charge is 0.483 e. The minimum absolute atomic E-state index is 0.177. The van der Waals surface area contributed by atoms with Crippen molar-refractivity contribution in [2.45, 2.75) is 44.4 Å². The van der Waals surface area contributed by atoms with Gasteiger partial charge >= 0.3 is 0 Å². The SMILES string of the molecule is CCn1nnc([C@H]2O[C@@H](n3cnc4c(N)nc(NCCc5cn(C)cn5)nc43)[C@H](O)[C@@H]2O)n1.O=CO. The summed E-state index contributed by atoms with van der Waals surface area (Å²) in [7, 11) is 1.91. The lowest BCUT2D eigenvalue weighted by molar-refractivity contribution is -0.122. The molecule has 0 spiro atoms. The Morgan fingerprint density at radius 2 is 2.00 bits per heavy atom. The molecular formula is C19H26N12O5. The quantitative estimate of drug-likeness (QED) is 0.181. The predicted molar refractivity (Wildman–Crippen MR) is 122 cm³/mol. The molecule has 17 nitrogen and oxygen atoms in total. The summed E-state index contributed by atoms with van der Waals surface area (Å²) in [6, 6.07) is 0. The number of rotatable bonds is 7. The van der Waals surface area contributed by atoms with Crippen LogP contribution in [-0.4, -0.2) is 89.8 Å². The van der Waals surface area contributed by atoms with Crippen LogP contribution in [0, 0.1) is 0 Å². The number of nitrogens with zero attached hydrogens (tertiary/aromatic N) is 10. The van der Waals surface area contributed by atoms with Crippen molar-refractivity contribution in [2.24, 2.45) is 7.05 Å². The number of aliphatic hydroxyl groups is 2. The van der Waals surface area contributed by atoms with Gasteiger partial charge in [-0.05, 0) is 12.1 Å². The number of nitrogen functional groups attached to an aromatic ring is 1. The minimum Gasteiger partial charge on any atom is -0.483 e. The lowest BCUT2D eigenvalue weighted by Gasteiger charge is -2.16. The van der Waals surface area contributed by atoms with Gasteiger partial charge in [0.05, 0.1) is 24.9 Å². The van der Waals surface area contributed by atoms with E-state index in [4.69, 9.17) is 20.4 Å². The van der Waals surface area contributed by atoms with Crippen molar-refractivity contribution in [3.05, 3.63) is 30.4 Å². The van der Waals surface area contributed by atoms with Crippen LogP contribution in [0.4, 0.5) is 11.8 Å². The third-order valence-electron chi connectivity index (χ3n) is 5.39. The molecule has 192 valence electrons. The number of carboxylic acid groups (broad SMARTS) is 1. The van der Waals surface area contributed by atoms with Gasteiger partial charge in [-0.25, -0.2) is 9.97 Å². The summed E-state index contributed by atoms with van der Waals surface area (Å²) in [6.07, 6.45) is 1.29. The lowest BCUT2D eigenvalue weighted by Crippen LogP contribution is -2.29. The zero-order valence-electron chi connectivity index (χ0n) is 19.4. The van der Waals surface area contributed by atoms with Gasteiger partial charge in [0, 0.05) is 26.2 Å². The molecule has 4 atom stereocenters. The number of imidazole rings is 2. The average Bonchev–Trinajstić information content (AvgIpc) is 3.63. The summed E-state index contributed by atoms with van der Waals surface area (Å²) in [5.74, 6) is 0.660. The summed E-state index contributed by atoms with van der Waals surface area (Å²) >= 11 is 0. The molecule has 36 heavy (non-hydrogen) atoms. The molecular weight excluding hydrogens is 476 g/mol. The van der Waals surface area contributed by atoms with Gasteiger partial charge in [0.25, 0.3) is 6.47 Å². The highest BCUT2D eigenvalue weighted by Crippen LogP contribution is 2.38. The van der Waals surface area contributed by atoms with Gasteiger partial charge in [-0.15, -0.1) is 10.2 Å². The predicted octanol–water partition coefficient (Wildman–Crippen LogP) is -1.50. The second-order valence-electron chi connectivity index (χ2n) is 7.83. The summed E-state index contributed by atoms with van der Waals surface area (Å²) in [4.78, 5) is 27.0. The molecule has 0 aliphatic carbocycles. The molecule has 17 heteroatoms. The van der Waals surface area contributed by atoms with Crippen molar-refractivity contribution in [1.82, 2.24) is 49.3 Å². The van der Waals surface area contributed by atoms with Crippen molar-refractivity contribution in [1.29, 1.82) is 0 Å². The van der Waals surface area contributed by atoms with Gasteiger partial charge in [0.15, 0.2) is 23.8 Å².